The quantitative estimate of drug-likeness (QED) is 0.470. The molecule has 0 aliphatic heterocycles. The summed E-state index contributed by atoms with van der Waals surface area (Å²) < 4.78 is 10.4. The molecule has 0 bridgehead atoms. The molecular weight excluding hydrogens is 176 g/mol. The zero-order valence-corrected chi connectivity index (χ0v) is 9.25. The maximum Gasteiger partial charge on any atom is 2.00 e. The minimum absolute atomic E-state index is 0. The predicted octanol–water partition coefficient (Wildman–Crippen LogP) is 0.662. The largest absolute Gasteiger partial charge is 2.00 e. The summed E-state index contributed by atoms with van der Waals surface area (Å²) in [7, 11) is -2.90. The molecule has 0 saturated carbocycles. The van der Waals surface area contributed by atoms with E-state index in [9.17, 15) is 9.46 Å². The second-order valence-electron chi connectivity index (χ2n) is 1.45. The minimum atomic E-state index is -2.90. The average Bonchev–Trinajstić information content (AvgIpc) is 1.68. The first-order chi connectivity index (χ1) is 3.12. The molecule has 2 nitrogen and oxygen atoms in total. The van der Waals surface area contributed by atoms with Crippen molar-refractivity contribution in [2.45, 2.75) is 13.8 Å². The molecule has 0 aromatic carbocycles. The molecule has 0 unspecified atom stereocenters. The molecular formula is C4H10O2PZn+. The van der Waals surface area contributed by atoms with E-state index in [-0.39, 0.29) is 19.5 Å². The summed E-state index contributed by atoms with van der Waals surface area (Å²) in [6.45, 7) is 3.33. The molecule has 0 rings (SSSR count). The molecule has 0 N–H and O–H groups in total. The third-order valence-corrected chi connectivity index (χ3v) is 2.89. The zero-order valence-electron chi connectivity index (χ0n) is 5.39. The van der Waals surface area contributed by atoms with E-state index in [2.05, 4.69) is 0 Å². The normalized spacial score (nSPS) is 10.4. The molecule has 0 spiro atoms. The van der Waals surface area contributed by atoms with Gasteiger partial charge in [0.05, 0.1) is 0 Å². The fourth-order valence-corrected chi connectivity index (χ4v) is 0.671. The first-order valence-corrected chi connectivity index (χ1v) is 4.41. The van der Waals surface area contributed by atoms with Crippen LogP contribution in [0.15, 0.2) is 0 Å². The van der Waals surface area contributed by atoms with Crippen molar-refractivity contribution in [3.8, 4) is 0 Å². The number of hydrogen-bond donors (Lipinski definition) is 0. The fraction of sp³-hybridized carbons (Fsp3) is 1.00. The Labute approximate surface area is 62.9 Å². The van der Waals surface area contributed by atoms with Crippen molar-refractivity contribution in [3.63, 3.8) is 0 Å². The van der Waals surface area contributed by atoms with Gasteiger partial charge in [0.2, 0.25) is 0 Å². The predicted molar refractivity (Wildman–Crippen MR) is 28.7 cm³/mol. The van der Waals surface area contributed by atoms with Crippen LogP contribution in [0.1, 0.15) is 13.8 Å². The Hall–Kier alpha value is 0.813. The SMILES string of the molecule is CCP(=O)([O-])CC.[Zn+2]. The van der Waals surface area contributed by atoms with Crippen molar-refractivity contribution < 1.29 is 28.9 Å². The van der Waals surface area contributed by atoms with E-state index >= 15 is 0 Å². The van der Waals surface area contributed by atoms with Gasteiger partial charge in [-0.3, -0.25) is 0 Å². The molecule has 0 aromatic rings. The van der Waals surface area contributed by atoms with Crippen molar-refractivity contribution in [2.75, 3.05) is 12.3 Å². The topological polar surface area (TPSA) is 40.1 Å². The van der Waals surface area contributed by atoms with Crippen molar-refractivity contribution in [1.29, 1.82) is 0 Å². The molecule has 8 heavy (non-hydrogen) atoms. The molecule has 0 heterocycles. The van der Waals surface area contributed by atoms with Gasteiger partial charge in [-0.25, -0.2) is 0 Å². The summed E-state index contributed by atoms with van der Waals surface area (Å²) in [6.07, 6.45) is 0.590. The van der Waals surface area contributed by atoms with Gasteiger partial charge in [-0.1, -0.05) is 13.8 Å². The van der Waals surface area contributed by atoms with Crippen molar-refractivity contribution >= 4 is 7.37 Å². The Morgan fingerprint density at radius 2 is 1.62 bits per heavy atom. The van der Waals surface area contributed by atoms with Crippen molar-refractivity contribution in [2.24, 2.45) is 0 Å². The van der Waals surface area contributed by atoms with Gasteiger partial charge in [-0.2, -0.15) is 0 Å². The van der Waals surface area contributed by atoms with Crippen molar-refractivity contribution in [1.82, 2.24) is 0 Å². The molecule has 44 valence electrons. The van der Waals surface area contributed by atoms with Gasteiger partial charge >= 0.3 is 19.5 Å². The second kappa shape index (κ2) is 4.67. The van der Waals surface area contributed by atoms with Crippen molar-refractivity contribution in [3.05, 3.63) is 0 Å². The molecule has 0 saturated heterocycles. The summed E-state index contributed by atoms with van der Waals surface area (Å²) in [5, 5.41) is 0. The minimum Gasteiger partial charge on any atom is -0.799 e. The van der Waals surface area contributed by atoms with Crippen LogP contribution < -0.4 is 4.89 Å². The Bertz CT molecular complexity index is 86.0. The van der Waals surface area contributed by atoms with Gasteiger partial charge < -0.3 is 9.46 Å². The van der Waals surface area contributed by atoms with Gasteiger partial charge in [0.1, 0.15) is 0 Å². The first-order valence-electron chi connectivity index (χ1n) is 2.41. The van der Waals surface area contributed by atoms with Crippen LogP contribution in [0.2, 0.25) is 0 Å². The van der Waals surface area contributed by atoms with Gasteiger partial charge in [-0.15, -0.1) is 0 Å². The Morgan fingerprint density at radius 1 is 1.38 bits per heavy atom. The standard InChI is InChI=1S/C4H11O2P.Zn/c1-3-7(5,6)4-2;/h3-4H2,1-2H3,(H,5,6);/q;+2/p-1. The Morgan fingerprint density at radius 3 is 1.62 bits per heavy atom. The number of hydrogen-bond acceptors (Lipinski definition) is 2. The van der Waals surface area contributed by atoms with Gasteiger partial charge in [0.25, 0.3) is 0 Å². The molecule has 0 aliphatic rings. The molecule has 0 fully saturated rings. The maximum atomic E-state index is 10.4. The molecule has 4 heteroatoms. The summed E-state index contributed by atoms with van der Waals surface area (Å²) >= 11 is 0. The second-order valence-corrected chi connectivity index (χ2v) is 4.34. The maximum absolute atomic E-state index is 10.4. The van der Waals surface area contributed by atoms with Crippen LogP contribution in [0.4, 0.5) is 0 Å². The van der Waals surface area contributed by atoms with Gasteiger partial charge in [0.15, 0.2) is 0 Å². The van der Waals surface area contributed by atoms with Crippen LogP contribution in [0.3, 0.4) is 0 Å². The number of rotatable bonds is 2. The van der Waals surface area contributed by atoms with E-state index in [0.717, 1.165) is 0 Å². The molecule has 0 aromatic heterocycles. The van der Waals surface area contributed by atoms with E-state index < -0.39 is 7.37 Å². The summed E-state index contributed by atoms with van der Waals surface area (Å²) in [4.78, 5) is 10.4. The van der Waals surface area contributed by atoms with Crippen LogP contribution in [0.25, 0.3) is 0 Å². The average molecular weight is 186 g/mol. The van der Waals surface area contributed by atoms with Gasteiger partial charge in [-0.05, 0) is 12.3 Å². The van der Waals surface area contributed by atoms with E-state index in [1.807, 2.05) is 0 Å². The van der Waals surface area contributed by atoms with Crippen LogP contribution >= 0.6 is 7.37 Å². The monoisotopic (exact) mass is 185 g/mol. The smallest absolute Gasteiger partial charge is 0.799 e. The molecule has 0 radical (unpaired) electrons. The third kappa shape index (κ3) is 4.96. The zero-order chi connectivity index (χ0) is 5.91. The van der Waals surface area contributed by atoms with E-state index in [1.165, 1.54) is 0 Å². The van der Waals surface area contributed by atoms with Crippen LogP contribution in [-0.4, -0.2) is 12.3 Å². The first kappa shape index (κ1) is 11.6. The van der Waals surface area contributed by atoms with Gasteiger partial charge in [0, 0.05) is 7.37 Å². The van der Waals surface area contributed by atoms with Crippen LogP contribution in [-0.2, 0) is 24.0 Å². The van der Waals surface area contributed by atoms with E-state index in [0.29, 0.717) is 12.3 Å². The fourth-order valence-electron chi connectivity index (χ4n) is 0.224. The third-order valence-electron chi connectivity index (χ3n) is 0.964. The summed E-state index contributed by atoms with van der Waals surface area (Å²) in [5.74, 6) is 0. The van der Waals surface area contributed by atoms with Crippen LogP contribution in [0.5, 0.6) is 0 Å². The molecule has 0 atom stereocenters. The van der Waals surface area contributed by atoms with E-state index in [4.69, 9.17) is 0 Å². The van der Waals surface area contributed by atoms with E-state index in [1.54, 1.807) is 13.8 Å². The molecule has 0 amide bonds. The molecule has 0 aliphatic carbocycles. The van der Waals surface area contributed by atoms with Crippen LogP contribution in [0, 0.1) is 0 Å². The summed E-state index contributed by atoms with van der Waals surface area (Å²) in [5.41, 5.74) is 0. The Kier molecular flexibility index (Phi) is 6.77. The summed E-state index contributed by atoms with van der Waals surface area (Å²) in [6, 6.07) is 0. The Balaban J connectivity index is 0.